The van der Waals surface area contributed by atoms with E-state index in [1.54, 1.807) is 17.5 Å². The maximum Gasteiger partial charge on any atom is 0.121 e. The van der Waals surface area contributed by atoms with E-state index < -0.39 is 0 Å². The van der Waals surface area contributed by atoms with Crippen LogP contribution in [-0.4, -0.2) is 9.97 Å². The van der Waals surface area contributed by atoms with Gasteiger partial charge in [-0.05, 0) is 23.9 Å². The van der Waals surface area contributed by atoms with E-state index in [9.17, 15) is 0 Å². The Morgan fingerprint density at radius 2 is 2.38 bits per heavy atom. The quantitative estimate of drug-likeness (QED) is 0.729. The first-order valence-corrected chi connectivity index (χ1v) is 5.15. The van der Waals surface area contributed by atoms with Gasteiger partial charge in [-0.2, -0.15) is 0 Å². The Kier molecular flexibility index (Phi) is 2.24. The van der Waals surface area contributed by atoms with Gasteiger partial charge in [-0.25, -0.2) is 0 Å². The Balaban J connectivity index is 2.53. The van der Waals surface area contributed by atoms with Crippen LogP contribution in [0.25, 0.3) is 10.6 Å². The Hall–Kier alpha value is -1.00. The van der Waals surface area contributed by atoms with E-state index in [4.69, 9.17) is 12.2 Å². The molecule has 0 saturated carbocycles. The highest BCUT2D eigenvalue weighted by Gasteiger charge is 2.03. The van der Waals surface area contributed by atoms with Crippen LogP contribution in [0.1, 0.15) is 5.56 Å². The van der Waals surface area contributed by atoms with Crippen LogP contribution in [-0.2, 0) is 0 Å². The summed E-state index contributed by atoms with van der Waals surface area (Å²) in [5.41, 5.74) is 2.21. The van der Waals surface area contributed by atoms with Crippen molar-refractivity contribution in [2.75, 3.05) is 0 Å². The zero-order valence-electron chi connectivity index (χ0n) is 7.07. The second-order valence-electron chi connectivity index (χ2n) is 2.73. The molecule has 2 aromatic heterocycles. The highest BCUT2D eigenvalue weighted by atomic mass is 32.1. The molecule has 0 bridgehead atoms. The van der Waals surface area contributed by atoms with Crippen molar-refractivity contribution in [3.8, 4) is 10.6 Å². The van der Waals surface area contributed by atoms with Gasteiger partial charge in [-0.1, -0.05) is 12.2 Å². The van der Waals surface area contributed by atoms with Crippen molar-refractivity contribution in [1.29, 1.82) is 0 Å². The van der Waals surface area contributed by atoms with Gasteiger partial charge < -0.3 is 4.98 Å². The summed E-state index contributed by atoms with van der Waals surface area (Å²) in [6.45, 7) is 2.08. The lowest BCUT2D eigenvalue weighted by Crippen LogP contribution is -1.83. The number of hydrogen-bond acceptors (Lipinski definition) is 3. The Labute approximate surface area is 85.3 Å². The monoisotopic (exact) mass is 208 g/mol. The van der Waals surface area contributed by atoms with Gasteiger partial charge in [0.05, 0.1) is 16.8 Å². The predicted octanol–water partition coefficient (Wildman–Crippen LogP) is 3.18. The summed E-state index contributed by atoms with van der Waals surface area (Å²) in [6, 6.07) is 2.09. The molecule has 0 aromatic carbocycles. The number of hydrogen-bond donors (Lipinski definition) is 1. The van der Waals surface area contributed by atoms with Gasteiger partial charge >= 0.3 is 0 Å². The molecule has 0 atom stereocenters. The first-order valence-electron chi connectivity index (χ1n) is 3.86. The molecule has 0 aliphatic carbocycles. The average molecular weight is 208 g/mol. The maximum atomic E-state index is 4.92. The number of nitrogens with one attached hydrogen (secondary N) is 1. The third-order valence-electron chi connectivity index (χ3n) is 1.77. The van der Waals surface area contributed by atoms with Crippen LogP contribution >= 0.6 is 23.6 Å². The molecule has 2 aromatic rings. The van der Waals surface area contributed by atoms with Crippen LogP contribution in [0, 0.1) is 11.6 Å². The number of aryl methyl sites for hydroxylation is 1. The number of rotatable bonds is 1. The molecule has 0 aliphatic heterocycles. The van der Waals surface area contributed by atoms with Crippen molar-refractivity contribution >= 4 is 23.6 Å². The largest absolute Gasteiger partial charge is 0.350 e. The van der Waals surface area contributed by atoms with Crippen molar-refractivity contribution < 1.29 is 0 Å². The van der Waals surface area contributed by atoms with Crippen molar-refractivity contribution in [2.45, 2.75) is 6.92 Å². The van der Waals surface area contributed by atoms with E-state index >= 15 is 0 Å². The first-order chi connectivity index (χ1) is 6.27. The van der Waals surface area contributed by atoms with Crippen LogP contribution < -0.4 is 0 Å². The minimum absolute atomic E-state index is 0.665. The van der Waals surface area contributed by atoms with Crippen molar-refractivity contribution in [2.24, 2.45) is 0 Å². The molecule has 1 N–H and O–H groups in total. The molecule has 0 fully saturated rings. The highest BCUT2D eigenvalue weighted by molar-refractivity contribution is 7.71. The van der Waals surface area contributed by atoms with Gasteiger partial charge in [0.25, 0.3) is 0 Å². The highest BCUT2D eigenvalue weighted by Crippen LogP contribution is 2.26. The van der Waals surface area contributed by atoms with E-state index in [1.165, 1.54) is 10.4 Å². The number of nitrogens with zero attached hydrogens (tertiary/aromatic N) is 1. The molecule has 13 heavy (non-hydrogen) atoms. The van der Waals surface area contributed by atoms with E-state index in [-0.39, 0.29) is 0 Å². The smallest absolute Gasteiger partial charge is 0.121 e. The number of thiophene rings is 1. The van der Waals surface area contributed by atoms with Crippen molar-refractivity contribution in [3.05, 3.63) is 34.0 Å². The van der Waals surface area contributed by atoms with Gasteiger partial charge in [-0.15, -0.1) is 11.3 Å². The zero-order chi connectivity index (χ0) is 9.26. The maximum absolute atomic E-state index is 4.92. The topological polar surface area (TPSA) is 28.7 Å². The van der Waals surface area contributed by atoms with Gasteiger partial charge in [0.15, 0.2) is 0 Å². The molecule has 0 amide bonds. The minimum atomic E-state index is 0.665. The van der Waals surface area contributed by atoms with Crippen LogP contribution in [0.4, 0.5) is 0 Å². The molecule has 2 rings (SSSR count). The van der Waals surface area contributed by atoms with Gasteiger partial charge in [-0.3, -0.25) is 4.98 Å². The predicted molar refractivity (Wildman–Crippen MR) is 57.5 cm³/mol. The summed E-state index contributed by atoms with van der Waals surface area (Å²) in [5, 5.41) is 2.06. The second kappa shape index (κ2) is 3.40. The summed E-state index contributed by atoms with van der Waals surface area (Å²) >= 11 is 6.61. The van der Waals surface area contributed by atoms with E-state index in [2.05, 4.69) is 28.3 Å². The third-order valence-corrected chi connectivity index (χ3v) is 3.03. The fourth-order valence-electron chi connectivity index (χ4n) is 1.10. The van der Waals surface area contributed by atoms with Gasteiger partial charge in [0.2, 0.25) is 0 Å². The fraction of sp³-hybridized carbons (Fsp3) is 0.111. The summed E-state index contributed by atoms with van der Waals surface area (Å²) in [5.74, 6) is 0. The first kappa shape index (κ1) is 8.59. The summed E-state index contributed by atoms with van der Waals surface area (Å²) < 4.78 is 0.665. The van der Waals surface area contributed by atoms with Gasteiger partial charge in [0.1, 0.15) is 4.64 Å². The Morgan fingerprint density at radius 3 is 2.92 bits per heavy atom. The fourth-order valence-corrected chi connectivity index (χ4v) is 2.11. The second-order valence-corrected chi connectivity index (χ2v) is 4.09. The summed E-state index contributed by atoms with van der Waals surface area (Å²) in [7, 11) is 0. The zero-order valence-corrected chi connectivity index (χ0v) is 8.71. The molecule has 0 saturated heterocycles. The Bertz CT molecular complexity index is 450. The lowest BCUT2D eigenvalue weighted by Gasteiger charge is -1.96. The van der Waals surface area contributed by atoms with E-state index in [0.717, 1.165) is 5.69 Å². The lowest BCUT2D eigenvalue weighted by atomic mass is 10.2. The van der Waals surface area contributed by atoms with Crippen LogP contribution in [0.15, 0.2) is 23.8 Å². The molecule has 2 heterocycles. The molecule has 0 spiro atoms. The van der Waals surface area contributed by atoms with Crippen molar-refractivity contribution in [1.82, 2.24) is 9.97 Å². The molecule has 66 valence electrons. The number of aromatic amines is 1. The minimum Gasteiger partial charge on any atom is -0.350 e. The van der Waals surface area contributed by atoms with E-state index in [0.29, 0.717) is 4.64 Å². The Morgan fingerprint density at radius 1 is 1.54 bits per heavy atom. The average Bonchev–Trinajstić information content (AvgIpc) is 2.53. The molecule has 4 heteroatoms. The third kappa shape index (κ3) is 1.68. The van der Waals surface area contributed by atoms with Gasteiger partial charge in [0, 0.05) is 6.20 Å². The van der Waals surface area contributed by atoms with Crippen molar-refractivity contribution in [3.63, 3.8) is 0 Å². The standard InChI is InChI=1S/C9H8N2S2/c1-6-2-3-13-9(6)7-4-11-8(12)5-10-7/h2-5H,1H3,(H,11,12). The number of aromatic nitrogens is 2. The molecule has 0 radical (unpaired) electrons. The lowest BCUT2D eigenvalue weighted by molar-refractivity contribution is 1.19. The normalized spacial score (nSPS) is 10.2. The number of H-pyrrole nitrogens is 1. The molecule has 0 aliphatic rings. The summed E-state index contributed by atoms with van der Waals surface area (Å²) in [6.07, 6.45) is 3.52. The molecule has 0 unspecified atom stereocenters. The molecular weight excluding hydrogens is 200 g/mol. The SMILES string of the molecule is Cc1ccsc1-c1c[nH]c(=S)cn1. The van der Waals surface area contributed by atoms with Crippen LogP contribution in [0.3, 0.4) is 0 Å². The molecular formula is C9H8N2S2. The van der Waals surface area contributed by atoms with E-state index in [1.807, 2.05) is 6.20 Å². The van der Waals surface area contributed by atoms with Crippen LogP contribution in [0.2, 0.25) is 0 Å². The summed E-state index contributed by atoms with van der Waals surface area (Å²) in [4.78, 5) is 8.43. The van der Waals surface area contributed by atoms with Crippen LogP contribution in [0.5, 0.6) is 0 Å². The molecule has 2 nitrogen and oxygen atoms in total.